The molecule has 0 saturated carbocycles. The smallest absolute Gasteiger partial charge is 0.316 e. The average molecular weight is 313 g/mol. The van der Waals surface area contributed by atoms with Gasteiger partial charge in [-0.25, -0.2) is 0 Å². The molecule has 0 aliphatic rings. The Morgan fingerprint density at radius 3 is 2.06 bits per heavy atom. The summed E-state index contributed by atoms with van der Waals surface area (Å²) in [5.41, 5.74) is 0.0497. The number of benzene rings is 1. The van der Waals surface area contributed by atoms with Gasteiger partial charge < -0.3 is 4.74 Å². The second kappa shape index (κ2) is 5.65. The maximum absolute atomic E-state index is 11.7. The molecule has 0 amide bonds. The van der Waals surface area contributed by atoms with Crippen LogP contribution in [0, 0.1) is 5.41 Å². The second-order valence-electron chi connectivity index (χ2n) is 5.14. The van der Waals surface area contributed by atoms with Crippen LogP contribution in [-0.2, 0) is 4.79 Å². The molecule has 1 aromatic carbocycles. The number of esters is 1. The Kier molecular flexibility index (Phi) is 4.68. The van der Waals surface area contributed by atoms with Crippen LogP contribution in [0.3, 0.4) is 0 Å². The fourth-order valence-electron chi connectivity index (χ4n) is 1.18. The zero-order valence-electron chi connectivity index (χ0n) is 11.0. The van der Waals surface area contributed by atoms with Crippen LogP contribution < -0.4 is 4.74 Å². The van der Waals surface area contributed by atoms with Crippen LogP contribution in [0.2, 0.25) is 0 Å². The van der Waals surface area contributed by atoms with E-state index in [0.717, 1.165) is 0 Å². The van der Waals surface area contributed by atoms with Crippen LogP contribution in [-0.4, -0.2) is 16.6 Å². The molecular weight excluding hydrogens is 296 g/mol. The molecule has 1 rings (SSSR count). The van der Waals surface area contributed by atoms with E-state index in [1.165, 1.54) is 0 Å². The Balaban J connectivity index is 2.78. The first-order valence-corrected chi connectivity index (χ1v) is 6.64. The van der Waals surface area contributed by atoms with Crippen molar-refractivity contribution in [2.75, 3.05) is 0 Å². The highest BCUT2D eigenvalue weighted by molar-refractivity contribution is 9.10. The molecule has 3 nitrogen and oxygen atoms in total. The average Bonchev–Trinajstić information content (AvgIpc) is 2.27. The number of ether oxygens (including phenoxy) is 1. The van der Waals surface area contributed by atoms with Gasteiger partial charge >= 0.3 is 5.97 Å². The van der Waals surface area contributed by atoms with Gasteiger partial charge in [-0.1, -0.05) is 15.9 Å². The summed E-state index contributed by atoms with van der Waals surface area (Å²) < 4.78 is 5.21. The third-order valence-electron chi connectivity index (χ3n) is 2.32. The highest BCUT2D eigenvalue weighted by Gasteiger charge is 2.23. The normalized spacial score (nSPS) is 12.9. The Morgan fingerprint density at radius 2 is 1.67 bits per heavy atom. The molecule has 0 aliphatic heterocycles. The quantitative estimate of drug-likeness (QED) is 0.371. The second-order valence-corrected chi connectivity index (χ2v) is 6.52. The van der Waals surface area contributed by atoms with Crippen LogP contribution in [0.4, 0.5) is 0 Å². The van der Waals surface area contributed by atoms with E-state index in [1.807, 2.05) is 0 Å². The molecule has 98 valence electrons. The van der Waals surface area contributed by atoms with Gasteiger partial charge in [0.25, 0.3) is 0 Å². The van der Waals surface area contributed by atoms with E-state index >= 15 is 0 Å². The molecule has 0 aliphatic carbocycles. The van der Waals surface area contributed by atoms with Gasteiger partial charge in [0.05, 0.1) is 10.2 Å². The minimum atomic E-state index is -0.543. The summed E-state index contributed by atoms with van der Waals surface area (Å²) in [6.45, 7) is 7.15. The first kappa shape index (κ1) is 14.9. The lowest BCUT2D eigenvalue weighted by molar-refractivity contribution is -0.142. The van der Waals surface area contributed by atoms with Crippen molar-refractivity contribution in [3.63, 3.8) is 0 Å². The summed E-state index contributed by atoms with van der Waals surface area (Å²) in [4.78, 5) is 23.1. The summed E-state index contributed by atoms with van der Waals surface area (Å²) in [5.74, 6) is 0.160. The highest BCUT2D eigenvalue weighted by Crippen LogP contribution is 2.20. The first-order valence-electron chi connectivity index (χ1n) is 5.72. The molecule has 4 heteroatoms. The summed E-state index contributed by atoms with van der Waals surface area (Å²) in [5, 5.41) is 0. The number of ketones is 1. The van der Waals surface area contributed by atoms with Gasteiger partial charge in [0.1, 0.15) is 5.75 Å². The van der Waals surface area contributed by atoms with E-state index in [-0.39, 0.29) is 16.6 Å². The van der Waals surface area contributed by atoms with Gasteiger partial charge in [0, 0.05) is 5.56 Å². The molecule has 0 N–H and O–H groups in total. The lowest BCUT2D eigenvalue weighted by atomic mass is 9.97. The van der Waals surface area contributed by atoms with Crippen molar-refractivity contribution in [3.05, 3.63) is 29.8 Å². The number of alkyl halides is 1. The van der Waals surface area contributed by atoms with Crippen molar-refractivity contribution >= 4 is 27.7 Å². The molecule has 0 saturated heterocycles. The van der Waals surface area contributed by atoms with E-state index in [1.54, 1.807) is 52.0 Å². The zero-order valence-corrected chi connectivity index (χ0v) is 12.6. The van der Waals surface area contributed by atoms with Crippen LogP contribution in [0.1, 0.15) is 38.1 Å². The van der Waals surface area contributed by atoms with Crippen LogP contribution in [0.5, 0.6) is 5.75 Å². The fraction of sp³-hybridized carbons (Fsp3) is 0.429. The number of rotatable bonds is 3. The van der Waals surface area contributed by atoms with Crippen LogP contribution in [0.25, 0.3) is 0 Å². The Morgan fingerprint density at radius 1 is 1.17 bits per heavy atom. The van der Waals surface area contributed by atoms with Crippen LogP contribution >= 0.6 is 15.9 Å². The zero-order chi connectivity index (χ0) is 13.9. The maximum Gasteiger partial charge on any atom is 0.316 e. The lowest BCUT2D eigenvalue weighted by Crippen LogP contribution is -2.25. The monoisotopic (exact) mass is 312 g/mol. The molecule has 1 atom stereocenters. The molecule has 1 aromatic rings. The number of carbonyl (C=O) groups is 2. The number of hydrogen-bond acceptors (Lipinski definition) is 3. The molecular formula is C14H17BrO3. The van der Waals surface area contributed by atoms with Crippen molar-refractivity contribution in [2.24, 2.45) is 5.41 Å². The lowest BCUT2D eigenvalue weighted by Gasteiger charge is -2.16. The summed E-state index contributed by atoms with van der Waals surface area (Å²) in [7, 11) is 0. The number of carbonyl (C=O) groups excluding carboxylic acids is 2. The van der Waals surface area contributed by atoms with E-state index < -0.39 is 5.41 Å². The summed E-state index contributed by atoms with van der Waals surface area (Å²) in [6.07, 6.45) is 0. The summed E-state index contributed by atoms with van der Waals surface area (Å²) in [6, 6.07) is 6.58. The molecule has 0 spiro atoms. The Hall–Kier alpha value is -1.16. The minimum Gasteiger partial charge on any atom is -0.426 e. The molecule has 0 radical (unpaired) electrons. The van der Waals surface area contributed by atoms with Crippen LogP contribution in [0.15, 0.2) is 24.3 Å². The molecule has 0 aromatic heterocycles. The van der Waals surface area contributed by atoms with Crippen molar-refractivity contribution in [1.29, 1.82) is 0 Å². The predicted octanol–water partition coefficient (Wildman–Crippen LogP) is 3.60. The SMILES string of the molecule is CC(Br)C(=O)c1ccc(OC(=O)C(C)(C)C)cc1. The van der Waals surface area contributed by atoms with Gasteiger partial charge in [-0.15, -0.1) is 0 Å². The van der Waals surface area contributed by atoms with Gasteiger partial charge in [0.15, 0.2) is 5.78 Å². The van der Waals surface area contributed by atoms with E-state index in [0.29, 0.717) is 11.3 Å². The largest absolute Gasteiger partial charge is 0.426 e. The van der Waals surface area contributed by atoms with Gasteiger partial charge in [0.2, 0.25) is 0 Å². The van der Waals surface area contributed by atoms with E-state index in [2.05, 4.69) is 15.9 Å². The Bertz CT molecular complexity index is 441. The van der Waals surface area contributed by atoms with Crippen molar-refractivity contribution in [3.8, 4) is 5.75 Å². The van der Waals surface area contributed by atoms with Gasteiger partial charge in [-0.2, -0.15) is 0 Å². The van der Waals surface area contributed by atoms with Crippen molar-refractivity contribution in [1.82, 2.24) is 0 Å². The third kappa shape index (κ3) is 3.95. The molecule has 18 heavy (non-hydrogen) atoms. The highest BCUT2D eigenvalue weighted by atomic mass is 79.9. The maximum atomic E-state index is 11.7. The molecule has 0 heterocycles. The number of Topliss-reactive ketones (excluding diaryl/α,β-unsaturated/α-hetero) is 1. The van der Waals surface area contributed by atoms with Crippen molar-refractivity contribution < 1.29 is 14.3 Å². The standard InChI is InChI=1S/C14H17BrO3/c1-9(15)12(16)10-5-7-11(8-6-10)18-13(17)14(2,3)4/h5-9H,1-4H3. The predicted molar refractivity (Wildman–Crippen MR) is 74.3 cm³/mol. The van der Waals surface area contributed by atoms with E-state index in [4.69, 9.17) is 4.74 Å². The number of hydrogen-bond donors (Lipinski definition) is 0. The first-order chi connectivity index (χ1) is 8.21. The number of halogens is 1. The molecule has 0 fully saturated rings. The molecule has 0 bridgehead atoms. The minimum absolute atomic E-state index is 0.00342. The topological polar surface area (TPSA) is 43.4 Å². The van der Waals surface area contributed by atoms with Crippen molar-refractivity contribution in [2.45, 2.75) is 32.5 Å². The van der Waals surface area contributed by atoms with E-state index in [9.17, 15) is 9.59 Å². The van der Waals surface area contributed by atoms with Gasteiger partial charge in [-0.05, 0) is 52.0 Å². The Labute approximate surface area is 116 Å². The van der Waals surface area contributed by atoms with Gasteiger partial charge in [-0.3, -0.25) is 9.59 Å². The summed E-state index contributed by atoms with van der Waals surface area (Å²) >= 11 is 3.23. The third-order valence-corrected chi connectivity index (χ3v) is 2.74. The fourth-order valence-corrected chi connectivity index (χ4v) is 1.44. The molecule has 1 unspecified atom stereocenters.